The lowest BCUT2D eigenvalue weighted by molar-refractivity contribution is -0.0158. The summed E-state index contributed by atoms with van der Waals surface area (Å²) >= 11 is 0. The number of hydrogen-bond donors (Lipinski definition) is 1. The van der Waals surface area contributed by atoms with E-state index in [2.05, 4.69) is 47.8 Å². The Kier molecular flexibility index (Phi) is 4.63. The molecule has 0 amide bonds. The SMILES string of the molecule is CCC(CC)n1ccc(CC2(O)CCN(C)CC2)n1. The van der Waals surface area contributed by atoms with Crippen LogP contribution in [0.1, 0.15) is 51.3 Å². The molecule has 0 spiro atoms. The van der Waals surface area contributed by atoms with E-state index in [0.717, 1.165) is 44.5 Å². The standard InChI is InChI=1S/C15H27N3O/c1-4-14(5-2)18-9-6-13(16-18)12-15(19)7-10-17(3)11-8-15/h6,9,14,19H,4-5,7-8,10-12H2,1-3H3. The lowest BCUT2D eigenvalue weighted by Gasteiger charge is -2.36. The van der Waals surface area contributed by atoms with Gasteiger partial charge < -0.3 is 10.0 Å². The molecule has 0 saturated carbocycles. The first-order chi connectivity index (χ1) is 9.06. The van der Waals surface area contributed by atoms with Crippen molar-refractivity contribution in [3.05, 3.63) is 18.0 Å². The number of rotatable bonds is 5. The minimum Gasteiger partial charge on any atom is -0.389 e. The van der Waals surface area contributed by atoms with Crippen molar-refractivity contribution in [2.24, 2.45) is 0 Å². The molecule has 19 heavy (non-hydrogen) atoms. The summed E-state index contributed by atoms with van der Waals surface area (Å²) in [4.78, 5) is 2.28. The first-order valence-electron chi connectivity index (χ1n) is 7.51. The number of piperidine rings is 1. The molecule has 1 N–H and O–H groups in total. The molecule has 1 aromatic heterocycles. The van der Waals surface area contributed by atoms with Crippen LogP contribution in [0.15, 0.2) is 12.3 Å². The van der Waals surface area contributed by atoms with Gasteiger partial charge in [-0.1, -0.05) is 13.8 Å². The monoisotopic (exact) mass is 265 g/mol. The second kappa shape index (κ2) is 6.06. The summed E-state index contributed by atoms with van der Waals surface area (Å²) in [6, 6.07) is 2.55. The highest BCUT2D eigenvalue weighted by Crippen LogP contribution is 2.25. The Labute approximate surface area is 116 Å². The molecule has 0 aromatic carbocycles. The maximum atomic E-state index is 10.6. The maximum absolute atomic E-state index is 10.6. The molecule has 0 bridgehead atoms. The highest BCUT2D eigenvalue weighted by molar-refractivity contribution is 5.05. The van der Waals surface area contributed by atoms with Crippen molar-refractivity contribution >= 4 is 0 Å². The van der Waals surface area contributed by atoms with Crippen molar-refractivity contribution in [1.82, 2.24) is 14.7 Å². The van der Waals surface area contributed by atoms with Gasteiger partial charge in [-0.2, -0.15) is 5.10 Å². The van der Waals surface area contributed by atoms with Gasteiger partial charge in [-0.25, -0.2) is 0 Å². The van der Waals surface area contributed by atoms with Crippen LogP contribution in [0.2, 0.25) is 0 Å². The van der Waals surface area contributed by atoms with E-state index in [9.17, 15) is 5.11 Å². The Bertz CT molecular complexity index is 390. The van der Waals surface area contributed by atoms with Gasteiger partial charge in [-0.15, -0.1) is 0 Å². The third-order valence-electron chi connectivity index (χ3n) is 4.41. The third kappa shape index (κ3) is 3.57. The normalized spacial score (nSPS) is 20.1. The number of aromatic nitrogens is 2. The van der Waals surface area contributed by atoms with Gasteiger partial charge in [0.25, 0.3) is 0 Å². The molecule has 0 unspecified atom stereocenters. The second-order valence-corrected chi connectivity index (χ2v) is 5.96. The summed E-state index contributed by atoms with van der Waals surface area (Å²) < 4.78 is 2.06. The van der Waals surface area contributed by atoms with Crippen molar-refractivity contribution in [3.8, 4) is 0 Å². The van der Waals surface area contributed by atoms with Crippen LogP contribution in [-0.4, -0.2) is 45.5 Å². The number of hydrogen-bond acceptors (Lipinski definition) is 3. The molecule has 1 aromatic rings. The molecule has 1 saturated heterocycles. The summed E-state index contributed by atoms with van der Waals surface area (Å²) in [6.07, 6.45) is 6.65. The second-order valence-electron chi connectivity index (χ2n) is 5.96. The molecule has 4 heteroatoms. The zero-order valence-corrected chi connectivity index (χ0v) is 12.5. The number of aliphatic hydroxyl groups is 1. The summed E-state index contributed by atoms with van der Waals surface area (Å²) in [5.41, 5.74) is 0.471. The Hall–Kier alpha value is -0.870. The van der Waals surface area contributed by atoms with Crippen LogP contribution < -0.4 is 0 Å². The van der Waals surface area contributed by atoms with Gasteiger partial charge in [0.2, 0.25) is 0 Å². The fourth-order valence-corrected chi connectivity index (χ4v) is 2.89. The minimum absolute atomic E-state index is 0.487. The smallest absolute Gasteiger partial charge is 0.0728 e. The van der Waals surface area contributed by atoms with E-state index in [1.807, 2.05) is 0 Å². The topological polar surface area (TPSA) is 41.3 Å². The summed E-state index contributed by atoms with van der Waals surface area (Å²) in [6.45, 7) is 6.34. The Morgan fingerprint density at radius 2 is 1.95 bits per heavy atom. The van der Waals surface area contributed by atoms with Crippen molar-refractivity contribution < 1.29 is 5.11 Å². The van der Waals surface area contributed by atoms with Crippen molar-refractivity contribution in [3.63, 3.8) is 0 Å². The van der Waals surface area contributed by atoms with Crippen molar-refractivity contribution in [2.75, 3.05) is 20.1 Å². The van der Waals surface area contributed by atoms with Crippen LogP contribution in [0.4, 0.5) is 0 Å². The zero-order chi connectivity index (χ0) is 13.9. The van der Waals surface area contributed by atoms with E-state index in [0.29, 0.717) is 12.5 Å². The van der Waals surface area contributed by atoms with Gasteiger partial charge in [0.1, 0.15) is 0 Å². The lowest BCUT2D eigenvalue weighted by Crippen LogP contribution is -2.44. The van der Waals surface area contributed by atoms with Gasteiger partial charge in [0, 0.05) is 25.7 Å². The predicted octanol–water partition coefficient (Wildman–Crippen LogP) is 2.24. The average Bonchev–Trinajstić information content (AvgIpc) is 2.83. The fraction of sp³-hybridized carbons (Fsp3) is 0.800. The van der Waals surface area contributed by atoms with Gasteiger partial charge in [-0.3, -0.25) is 4.68 Å². The van der Waals surface area contributed by atoms with Crippen molar-refractivity contribution in [1.29, 1.82) is 0 Å². The zero-order valence-electron chi connectivity index (χ0n) is 12.5. The molecule has 0 atom stereocenters. The molecule has 1 aliphatic heterocycles. The van der Waals surface area contributed by atoms with E-state index < -0.39 is 5.60 Å². The molecule has 0 radical (unpaired) electrons. The summed E-state index contributed by atoms with van der Waals surface area (Å²) in [5.74, 6) is 0. The third-order valence-corrected chi connectivity index (χ3v) is 4.41. The van der Waals surface area contributed by atoms with Crippen LogP contribution in [0.5, 0.6) is 0 Å². The quantitative estimate of drug-likeness (QED) is 0.887. The molecule has 4 nitrogen and oxygen atoms in total. The van der Waals surface area contributed by atoms with Crippen LogP contribution in [0.25, 0.3) is 0 Å². The predicted molar refractivity (Wildman–Crippen MR) is 77.2 cm³/mol. The van der Waals surface area contributed by atoms with E-state index in [1.54, 1.807) is 0 Å². The number of likely N-dealkylation sites (tertiary alicyclic amines) is 1. The first-order valence-corrected chi connectivity index (χ1v) is 7.51. The largest absolute Gasteiger partial charge is 0.389 e. The lowest BCUT2D eigenvalue weighted by atomic mass is 9.87. The van der Waals surface area contributed by atoms with Gasteiger partial charge in [-0.05, 0) is 38.8 Å². The van der Waals surface area contributed by atoms with Gasteiger partial charge in [0.15, 0.2) is 0 Å². The molecule has 2 heterocycles. The van der Waals surface area contributed by atoms with Crippen LogP contribution in [0.3, 0.4) is 0 Å². The molecule has 0 aliphatic carbocycles. The van der Waals surface area contributed by atoms with Crippen molar-refractivity contribution in [2.45, 2.75) is 57.6 Å². The molecule has 2 rings (SSSR count). The van der Waals surface area contributed by atoms with E-state index in [1.165, 1.54) is 0 Å². The van der Waals surface area contributed by atoms with E-state index >= 15 is 0 Å². The summed E-state index contributed by atoms with van der Waals surface area (Å²) in [7, 11) is 2.11. The maximum Gasteiger partial charge on any atom is 0.0728 e. The van der Waals surface area contributed by atoms with Crippen LogP contribution >= 0.6 is 0 Å². The Morgan fingerprint density at radius 1 is 1.32 bits per heavy atom. The molecule has 1 fully saturated rings. The van der Waals surface area contributed by atoms with Gasteiger partial charge in [0.05, 0.1) is 17.3 Å². The Morgan fingerprint density at radius 3 is 2.53 bits per heavy atom. The highest BCUT2D eigenvalue weighted by atomic mass is 16.3. The van der Waals surface area contributed by atoms with Crippen LogP contribution in [-0.2, 0) is 6.42 Å². The summed E-state index contributed by atoms with van der Waals surface area (Å²) in [5, 5.41) is 15.3. The molecular weight excluding hydrogens is 238 g/mol. The first kappa shape index (κ1) is 14.5. The fourth-order valence-electron chi connectivity index (χ4n) is 2.89. The number of nitrogens with zero attached hydrogens (tertiary/aromatic N) is 3. The molecule has 108 valence electrons. The Balaban J connectivity index is 1.99. The molecular formula is C15H27N3O. The van der Waals surface area contributed by atoms with Crippen LogP contribution in [0, 0.1) is 0 Å². The van der Waals surface area contributed by atoms with E-state index in [4.69, 9.17) is 0 Å². The van der Waals surface area contributed by atoms with E-state index in [-0.39, 0.29) is 0 Å². The average molecular weight is 265 g/mol. The van der Waals surface area contributed by atoms with Gasteiger partial charge >= 0.3 is 0 Å². The highest BCUT2D eigenvalue weighted by Gasteiger charge is 2.32. The molecule has 1 aliphatic rings. The minimum atomic E-state index is -0.556.